The number of nitrogens with zero attached hydrogens (tertiary/aromatic N) is 4. The molecular weight excluding hydrogens is 370 g/mol. The summed E-state index contributed by atoms with van der Waals surface area (Å²) in [5.41, 5.74) is 5.59. The highest BCUT2D eigenvalue weighted by Gasteiger charge is 2.14. The van der Waals surface area contributed by atoms with Crippen LogP contribution in [0.4, 0.5) is 5.13 Å². The summed E-state index contributed by atoms with van der Waals surface area (Å²) in [6.45, 7) is 8.23. The summed E-state index contributed by atoms with van der Waals surface area (Å²) in [6, 6.07) is 8.28. The van der Waals surface area contributed by atoms with Gasteiger partial charge in [0.2, 0.25) is 0 Å². The molecule has 0 unspecified atom stereocenters. The Morgan fingerprint density at radius 1 is 1.18 bits per heavy atom. The molecule has 0 radical (unpaired) electrons. The van der Waals surface area contributed by atoms with Gasteiger partial charge in [-0.15, -0.1) is 11.3 Å². The van der Waals surface area contributed by atoms with Crippen LogP contribution in [0.25, 0.3) is 22.3 Å². The molecule has 0 saturated heterocycles. The van der Waals surface area contributed by atoms with E-state index >= 15 is 0 Å². The zero-order valence-corrected chi connectivity index (χ0v) is 17.0. The molecule has 1 N–H and O–H groups in total. The number of hydrogen-bond donors (Lipinski definition) is 1. The van der Waals surface area contributed by atoms with Crippen LogP contribution in [0.15, 0.2) is 42.0 Å². The van der Waals surface area contributed by atoms with Crippen LogP contribution in [0.3, 0.4) is 0 Å². The number of amides is 1. The average Bonchev–Trinajstić information content (AvgIpc) is 3.28. The van der Waals surface area contributed by atoms with Gasteiger partial charge in [-0.1, -0.05) is 23.8 Å². The second-order valence-corrected chi connectivity index (χ2v) is 7.99. The molecule has 0 aliphatic rings. The lowest BCUT2D eigenvalue weighted by Crippen LogP contribution is -2.12. The van der Waals surface area contributed by atoms with Crippen LogP contribution in [0, 0.1) is 13.8 Å². The summed E-state index contributed by atoms with van der Waals surface area (Å²) in [5.74, 6) is -0.228. The van der Waals surface area contributed by atoms with Gasteiger partial charge in [0.1, 0.15) is 0 Å². The quantitative estimate of drug-likeness (QED) is 0.531. The number of benzene rings is 1. The van der Waals surface area contributed by atoms with Crippen LogP contribution in [-0.2, 0) is 0 Å². The molecular formula is C21H21N5OS. The standard InChI is InChI=1S/C21H21N5OS/c1-12(2)26-19-15(10-23-26)8-16(9-22-19)20(27)25-21-24-18(11-28-21)17-6-5-13(3)7-14(17)4/h5-12H,1-4H3,(H,24,25,27). The number of nitrogens with one attached hydrogen (secondary N) is 1. The highest BCUT2D eigenvalue weighted by atomic mass is 32.1. The van der Waals surface area contributed by atoms with Crippen LogP contribution >= 0.6 is 11.3 Å². The fourth-order valence-electron chi connectivity index (χ4n) is 3.17. The first-order valence-electron chi connectivity index (χ1n) is 9.10. The van der Waals surface area contributed by atoms with E-state index in [9.17, 15) is 4.79 Å². The van der Waals surface area contributed by atoms with Crippen molar-refractivity contribution < 1.29 is 4.79 Å². The molecule has 7 heteroatoms. The van der Waals surface area contributed by atoms with E-state index in [1.807, 2.05) is 30.0 Å². The van der Waals surface area contributed by atoms with E-state index < -0.39 is 0 Å². The summed E-state index contributed by atoms with van der Waals surface area (Å²) >= 11 is 1.41. The highest BCUT2D eigenvalue weighted by Crippen LogP contribution is 2.28. The summed E-state index contributed by atoms with van der Waals surface area (Å²) in [7, 11) is 0. The number of pyridine rings is 1. The topological polar surface area (TPSA) is 72.7 Å². The van der Waals surface area contributed by atoms with Crippen LogP contribution in [0.1, 0.15) is 41.4 Å². The molecule has 0 bridgehead atoms. The molecule has 0 atom stereocenters. The first kappa shape index (κ1) is 18.3. The molecule has 0 aliphatic heterocycles. The van der Waals surface area contributed by atoms with Crippen molar-refractivity contribution in [3.8, 4) is 11.3 Å². The summed E-state index contributed by atoms with van der Waals surface area (Å²) < 4.78 is 1.84. The van der Waals surface area contributed by atoms with Crippen molar-refractivity contribution in [3.05, 3.63) is 58.7 Å². The van der Waals surface area contributed by atoms with Crippen LogP contribution in [0.2, 0.25) is 0 Å². The molecule has 0 fully saturated rings. The third-order valence-electron chi connectivity index (χ3n) is 4.57. The number of aromatic nitrogens is 4. The maximum Gasteiger partial charge on any atom is 0.259 e. The van der Waals surface area contributed by atoms with Gasteiger partial charge in [-0.05, 0) is 39.3 Å². The average molecular weight is 392 g/mol. The Kier molecular flexibility index (Phi) is 4.68. The zero-order valence-electron chi connectivity index (χ0n) is 16.2. The lowest BCUT2D eigenvalue weighted by molar-refractivity contribution is 0.102. The lowest BCUT2D eigenvalue weighted by atomic mass is 10.0. The molecule has 4 rings (SSSR count). The third-order valence-corrected chi connectivity index (χ3v) is 5.32. The summed E-state index contributed by atoms with van der Waals surface area (Å²) in [5, 5.41) is 10.6. The lowest BCUT2D eigenvalue weighted by Gasteiger charge is -2.06. The van der Waals surface area contributed by atoms with Crippen molar-refractivity contribution in [1.29, 1.82) is 0 Å². The van der Waals surface area contributed by atoms with E-state index in [1.54, 1.807) is 12.4 Å². The van der Waals surface area contributed by atoms with Gasteiger partial charge in [0.05, 0.1) is 17.5 Å². The van der Waals surface area contributed by atoms with E-state index in [-0.39, 0.29) is 11.9 Å². The molecule has 6 nitrogen and oxygen atoms in total. The maximum atomic E-state index is 12.6. The second-order valence-electron chi connectivity index (χ2n) is 7.13. The molecule has 3 heterocycles. The van der Waals surface area contributed by atoms with Crippen molar-refractivity contribution in [2.45, 2.75) is 33.7 Å². The van der Waals surface area contributed by atoms with Gasteiger partial charge in [0.15, 0.2) is 10.8 Å². The molecule has 1 aromatic carbocycles. The first-order valence-corrected chi connectivity index (χ1v) is 9.98. The van der Waals surface area contributed by atoms with Crippen molar-refractivity contribution in [3.63, 3.8) is 0 Å². The van der Waals surface area contributed by atoms with E-state index in [0.29, 0.717) is 10.7 Å². The Morgan fingerprint density at radius 3 is 2.75 bits per heavy atom. The number of anilines is 1. The minimum atomic E-state index is -0.228. The number of hydrogen-bond acceptors (Lipinski definition) is 5. The fourth-order valence-corrected chi connectivity index (χ4v) is 3.87. The van der Waals surface area contributed by atoms with Gasteiger partial charge in [-0.3, -0.25) is 10.1 Å². The van der Waals surface area contributed by atoms with Gasteiger partial charge in [-0.2, -0.15) is 5.10 Å². The predicted octanol–water partition coefficient (Wildman–Crippen LogP) is 5.00. The number of carbonyl (C=O) groups excluding carboxylic acids is 1. The molecule has 3 aromatic heterocycles. The van der Waals surface area contributed by atoms with Crippen LogP contribution in [0.5, 0.6) is 0 Å². The number of thiazole rings is 1. The molecule has 28 heavy (non-hydrogen) atoms. The van der Waals surface area contributed by atoms with Gasteiger partial charge in [0, 0.05) is 28.6 Å². The van der Waals surface area contributed by atoms with Crippen LogP contribution < -0.4 is 5.32 Å². The Labute approximate surface area is 167 Å². The van der Waals surface area contributed by atoms with Crippen molar-refractivity contribution in [1.82, 2.24) is 19.7 Å². The molecule has 0 spiro atoms. The van der Waals surface area contributed by atoms with Gasteiger partial charge in [-0.25, -0.2) is 14.6 Å². The fraction of sp³-hybridized carbons (Fsp3) is 0.238. The van der Waals surface area contributed by atoms with Gasteiger partial charge in [0.25, 0.3) is 5.91 Å². The maximum absolute atomic E-state index is 12.6. The monoisotopic (exact) mass is 391 g/mol. The van der Waals surface area contributed by atoms with Gasteiger partial charge < -0.3 is 0 Å². The van der Waals surface area contributed by atoms with E-state index in [4.69, 9.17) is 0 Å². The molecule has 142 valence electrons. The highest BCUT2D eigenvalue weighted by molar-refractivity contribution is 7.14. The SMILES string of the molecule is Cc1ccc(-c2csc(NC(=O)c3cnc4c(cnn4C(C)C)c3)n2)c(C)c1. The zero-order chi connectivity index (χ0) is 19.8. The first-order chi connectivity index (χ1) is 13.4. The second kappa shape index (κ2) is 7.16. The van der Waals surface area contributed by atoms with E-state index in [2.05, 4.69) is 52.4 Å². The molecule has 1 amide bonds. The molecule has 0 saturated carbocycles. The van der Waals surface area contributed by atoms with Gasteiger partial charge >= 0.3 is 0 Å². The van der Waals surface area contributed by atoms with Crippen molar-refractivity contribution in [2.24, 2.45) is 0 Å². The van der Waals surface area contributed by atoms with E-state index in [0.717, 1.165) is 22.3 Å². The Balaban J connectivity index is 1.56. The predicted molar refractivity (Wildman–Crippen MR) is 113 cm³/mol. The number of fused-ring (bicyclic) bond motifs is 1. The minimum absolute atomic E-state index is 0.212. The van der Waals surface area contributed by atoms with Crippen molar-refractivity contribution >= 4 is 33.4 Å². The summed E-state index contributed by atoms with van der Waals surface area (Å²) in [4.78, 5) is 21.6. The minimum Gasteiger partial charge on any atom is -0.298 e. The van der Waals surface area contributed by atoms with E-state index in [1.165, 1.54) is 22.5 Å². The smallest absolute Gasteiger partial charge is 0.259 e. The number of carbonyl (C=O) groups is 1. The Morgan fingerprint density at radius 2 is 2.00 bits per heavy atom. The number of aryl methyl sites for hydroxylation is 2. The third kappa shape index (κ3) is 3.41. The largest absolute Gasteiger partial charge is 0.298 e. The normalized spacial score (nSPS) is 11.3. The summed E-state index contributed by atoms with van der Waals surface area (Å²) in [6.07, 6.45) is 3.32. The Bertz CT molecular complexity index is 1170. The Hall–Kier alpha value is -3.06. The van der Waals surface area contributed by atoms with Crippen molar-refractivity contribution in [2.75, 3.05) is 5.32 Å². The molecule has 0 aliphatic carbocycles. The molecule has 4 aromatic rings. The number of rotatable bonds is 4. The van der Waals surface area contributed by atoms with Crippen LogP contribution in [-0.4, -0.2) is 25.7 Å².